The van der Waals surface area contributed by atoms with Gasteiger partial charge >= 0.3 is 0 Å². The third-order valence-electron chi connectivity index (χ3n) is 4.19. The molecule has 7 nitrogen and oxygen atoms in total. The van der Waals surface area contributed by atoms with Crippen LogP contribution in [0.4, 0.5) is 10.1 Å². The van der Waals surface area contributed by atoms with Crippen LogP contribution < -0.4 is 11.2 Å². The molecule has 0 saturated carbocycles. The van der Waals surface area contributed by atoms with E-state index in [1.54, 1.807) is 13.0 Å². The number of nitrogens with two attached hydrogens (primary N) is 1. The molecule has 0 aliphatic rings. The Morgan fingerprint density at radius 3 is 2.66 bits per heavy atom. The van der Waals surface area contributed by atoms with E-state index in [1.165, 1.54) is 19.1 Å². The Hall–Kier alpha value is -3.28. The van der Waals surface area contributed by atoms with Crippen LogP contribution >= 0.6 is 11.6 Å². The van der Waals surface area contributed by atoms with Crippen LogP contribution in [0.15, 0.2) is 42.0 Å². The predicted octanol–water partition coefficient (Wildman–Crippen LogP) is 3.49. The van der Waals surface area contributed by atoms with E-state index >= 15 is 0 Å². The smallest absolute Gasteiger partial charge is 0.236 e. The molecule has 9 heteroatoms. The molecule has 0 aromatic heterocycles. The molecule has 0 amide bonds. The standard InChI is InChI=1S/C20H20ClFN4O3/c1-10-16(7-5-14(9-23)18(10)21)25-19(11(2)27)20(26-24)29-12(3)13-4-6-15(22)17(28)8-13/h4-8,11,19,25,27-28H,3,24H2,1-2H3/b26-20-/t11-,19?/m1/s1. The van der Waals surface area contributed by atoms with Crippen molar-refractivity contribution in [3.05, 3.63) is 64.4 Å². The Morgan fingerprint density at radius 2 is 2.10 bits per heavy atom. The van der Waals surface area contributed by atoms with Gasteiger partial charge in [0.1, 0.15) is 17.9 Å². The monoisotopic (exact) mass is 418 g/mol. The second-order valence-corrected chi connectivity index (χ2v) is 6.61. The molecule has 1 unspecified atom stereocenters. The third-order valence-corrected chi connectivity index (χ3v) is 4.68. The van der Waals surface area contributed by atoms with E-state index in [-0.39, 0.29) is 16.7 Å². The number of ether oxygens (including phenoxy) is 1. The summed E-state index contributed by atoms with van der Waals surface area (Å²) < 4.78 is 18.8. The van der Waals surface area contributed by atoms with Crippen molar-refractivity contribution in [1.29, 1.82) is 5.26 Å². The molecule has 2 aromatic carbocycles. The number of hydrogen-bond acceptors (Lipinski definition) is 7. The number of nitriles is 1. The molecule has 152 valence electrons. The highest BCUT2D eigenvalue weighted by Crippen LogP contribution is 2.28. The van der Waals surface area contributed by atoms with Gasteiger partial charge in [0.15, 0.2) is 11.6 Å². The number of aliphatic hydroxyl groups excluding tert-OH is 1. The summed E-state index contributed by atoms with van der Waals surface area (Å²) in [7, 11) is 0. The average molecular weight is 419 g/mol. The van der Waals surface area contributed by atoms with E-state index in [9.17, 15) is 14.6 Å². The maximum Gasteiger partial charge on any atom is 0.236 e. The number of aromatic hydroxyl groups is 1. The lowest BCUT2D eigenvalue weighted by molar-refractivity contribution is 0.185. The number of benzene rings is 2. The molecule has 0 aliphatic carbocycles. The number of hydrogen-bond donors (Lipinski definition) is 4. The van der Waals surface area contributed by atoms with E-state index in [4.69, 9.17) is 27.4 Å². The van der Waals surface area contributed by atoms with Crippen LogP contribution in [0, 0.1) is 24.1 Å². The Balaban J connectivity index is 2.28. The van der Waals surface area contributed by atoms with Crippen LogP contribution in [0.5, 0.6) is 5.75 Å². The highest BCUT2D eigenvalue weighted by atomic mass is 35.5. The van der Waals surface area contributed by atoms with Crippen molar-refractivity contribution in [1.82, 2.24) is 0 Å². The quantitative estimate of drug-likeness (QED) is 0.187. The number of nitrogens with one attached hydrogen (secondary N) is 1. The summed E-state index contributed by atoms with van der Waals surface area (Å²) in [5.74, 6) is 4.03. The first kappa shape index (κ1) is 22.0. The first-order valence-electron chi connectivity index (χ1n) is 8.46. The number of anilines is 1. The van der Waals surface area contributed by atoms with Gasteiger partial charge in [-0.05, 0) is 49.7 Å². The van der Waals surface area contributed by atoms with Crippen molar-refractivity contribution in [2.75, 3.05) is 5.32 Å². The van der Waals surface area contributed by atoms with Gasteiger partial charge in [0.05, 0.1) is 16.7 Å². The minimum Gasteiger partial charge on any atom is -0.505 e. The normalized spacial score (nSPS) is 13.3. The predicted molar refractivity (Wildman–Crippen MR) is 110 cm³/mol. The van der Waals surface area contributed by atoms with Crippen molar-refractivity contribution in [2.45, 2.75) is 26.0 Å². The minimum atomic E-state index is -1.000. The van der Waals surface area contributed by atoms with Gasteiger partial charge in [0.25, 0.3) is 0 Å². The Labute approximate surface area is 172 Å². The molecule has 0 heterocycles. The second kappa shape index (κ2) is 9.28. The second-order valence-electron chi connectivity index (χ2n) is 6.23. The van der Waals surface area contributed by atoms with Gasteiger partial charge in [-0.3, -0.25) is 0 Å². The molecule has 2 atom stereocenters. The Morgan fingerprint density at radius 1 is 1.41 bits per heavy atom. The largest absolute Gasteiger partial charge is 0.505 e. The van der Waals surface area contributed by atoms with Gasteiger partial charge in [-0.25, -0.2) is 4.39 Å². The van der Waals surface area contributed by atoms with Gasteiger partial charge in [-0.1, -0.05) is 18.2 Å². The highest BCUT2D eigenvalue weighted by Gasteiger charge is 2.26. The van der Waals surface area contributed by atoms with Crippen molar-refractivity contribution < 1.29 is 19.3 Å². The molecular weight excluding hydrogens is 399 g/mol. The van der Waals surface area contributed by atoms with Gasteiger partial charge in [0, 0.05) is 11.3 Å². The third kappa shape index (κ3) is 4.96. The topological polar surface area (TPSA) is 124 Å². The number of rotatable bonds is 6. The summed E-state index contributed by atoms with van der Waals surface area (Å²) in [5, 5.41) is 35.7. The molecule has 2 rings (SSSR count). The number of phenols is 1. The van der Waals surface area contributed by atoms with Crippen LogP contribution in [0.2, 0.25) is 5.02 Å². The van der Waals surface area contributed by atoms with Crippen LogP contribution in [-0.4, -0.2) is 28.3 Å². The van der Waals surface area contributed by atoms with Crippen LogP contribution in [0.3, 0.4) is 0 Å². The fourth-order valence-electron chi connectivity index (χ4n) is 2.53. The summed E-state index contributed by atoms with van der Waals surface area (Å²) >= 11 is 6.19. The Bertz CT molecular complexity index is 1000. The summed E-state index contributed by atoms with van der Waals surface area (Å²) in [6.07, 6.45) is -1.000. The van der Waals surface area contributed by atoms with Gasteiger partial charge in [0.2, 0.25) is 5.90 Å². The fraction of sp³-hybridized carbons (Fsp3) is 0.200. The summed E-state index contributed by atoms with van der Waals surface area (Å²) in [6, 6.07) is 7.83. The zero-order chi connectivity index (χ0) is 21.7. The zero-order valence-electron chi connectivity index (χ0n) is 15.8. The van der Waals surface area contributed by atoms with Crippen LogP contribution in [-0.2, 0) is 4.74 Å². The van der Waals surface area contributed by atoms with E-state index in [2.05, 4.69) is 17.0 Å². The van der Waals surface area contributed by atoms with Gasteiger partial charge < -0.3 is 26.1 Å². The molecule has 0 radical (unpaired) electrons. The molecule has 5 N–H and O–H groups in total. The number of aliphatic hydroxyl groups is 1. The van der Waals surface area contributed by atoms with Crippen molar-refractivity contribution in [2.24, 2.45) is 10.9 Å². The molecule has 2 aromatic rings. The molecule has 0 saturated heterocycles. The number of phenolic OH excluding ortho intramolecular Hbond substituents is 1. The molecule has 0 spiro atoms. The minimum absolute atomic E-state index is 0.0338. The van der Waals surface area contributed by atoms with Crippen molar-refractivity contribution in [3.63, 3.8) is 0 Å². The van der Waals surface area contributed by atoms with E-state index < -0.39 is 23.7 Å². The summed E-state index contributed by atoms with van der Waals surface area (Å²) in [6.45, 7) is 6.94. The lowest BCUT2D eigenvalue weighted by Crippen LogP contribution is -2.41. The maximum atomic E-state index is 13.3. The Kier molecular flexibility index (Phi) is 7.04. The van der Waals surface area contributed by atoms with E-state index in [0.717, 1.165) is 12.1 Å². The summed E-state index contributed by atoms with van der Waals surface area (Å²) in [5.41, 5.74) is 1.74. The lowest BCUT2D eigenvalue weighted by atomic mass is 10.1. The maximum absolute atomic E-state index is 13.3. The first-order chi connectivity index (χ1) is 13.7. The van der Waals surface area contributed by atoms with Gasteiger partial charge in [-0.15, -0.1) is 5.10 Å². The zero-order valence-corrected chi connectivity index (χ0v) is 16.5. The number of halogens is 2. The van der Waals surface area contributed by atoms with E-state index in [1.807, 2.05) is 6.07 Å². The van der Waals surface area contributed by atoms with Crippen molar-refractivity contribution in [3.8, 4) is 11.8 Å². The van der Waals surface area contributed by atoms with Gasteiger partial charge in [-0.2, -0.15) is 5.26 Å². The van der Waals surface area contributed by atoms with Crippen LogP contribution in [0.25, 0.3) is 5.76 Å². The molecule has 0 bridgehead atoms. The molecule has 0 fully saturated rings. The number of nitrogens with zero attached hydrogens (tertiary/aromatic N) is 2. The molecular formula is C20H20ClFN4O3. The highest BCUT2D eigenvalue weighted by molar-refractivity contribution is 6.32. The number of hydrazone groups is 1. The lowest BCUT2D eigenvalue weighted by Gasteiger charge is -2.25. The fourth-order valence-corrected chi connectivity index (χ4v) is 2.73. The SMILES string of the molecule is C=C(O/C(=N\N)C(Nc1ccc(C#N)c(Cl)c1C)[C@@H](C)O)c1ccc(F)c(O)c1. The van der Waals surface area contributed by atoms with Crippen LogP contribution in [0.1, 0.15) is 23.6 Å². The molecule has 29 heavy (non-hydrogen) atoms. The van der Waals surface area contributed by atoms with Crippen molar-refractivity contribution >= 4 is 28.9 Å². The van der Waals surface area contributed by atoms with E-state index in [0.29, 0.717) is 22.4 Å². The summed E-state index contributed by atoms with van der Waals surface area (Å²) in [4.78, 5) is 0. The first-order valence-corrected chi connectivity index (χ1v) is 8.84. The average Bonchev–Trinajstić information content (AvgIpc) is 2.69. The molecule has 0 aliphatic heterocycles.